The Morgan fingerprint density at radius 3 is 2.26 bits per heavy atom. The lowest BCUT2D eigenvalue weighted by molar-refractivity contribution is -0.133. The van der Waals surface area contributed by atoms with E-state index in [-0.39, 0.29) is 11.5 Å². The molecule has 0 aromatic heterocycles. The van der Waals surface area contributed by atoms with Gasteiger partial charge >= 0.3 is 0 Å². The van der Waals surface area contributed by atoms with E-state index in [1.807, 2.05) is 7.11 Å². The third-order valence-electron chi connectivity index (χ3n) is 11.6. The van der Waals surface area contributed by atoms with Gasteiger partial charge in [0.15, 0.2) is 0 Å². The van der Waals surface area contributed by atoms with Gasteiger partial charge in [0.1, 0.15) is 0 Å². The number of ether oxygens (including phenoxy) is 1. The van der Waals surface area contributed by atoms with E-state index in [1.165, 1.54) is 64.2 Å². The van der Waals surface area contributed by atoms with Gasteiger partial charge < -0.3 is 9.84 Å². The van der Waals surface area contributed by atoms with E-state index in [0.29, 0.717) is 16.9 Å². The first-order valence-corrected chi connectivity index (χ1v) is 13.7. The van der Waals surface area contributed by atoms with Crippen LogP contribution in [0.1, 0.15) is 112 Å². The van der Waals surface area contributed by atoms with Crippen molar-refractivity contribution in [3.63, 3.8) is 0 Å². The van der Waals surface area contributed by atoms with Crippen molar-refractivity contribution in [2.24, 2.45) is 51.8 Å². The van der Waals surface area contributed by atoms with Crippen LogP contribution in [0.4, 0.5) is 0 Å². The predicted molar refractivity (Wildman–Crippen MR) is 130 cm³/mol. The molecule has 4 rings (SSSR count). The zero-order chi connectivity index (χ0) is 22.6. The second kappa shape index (κ2) is 8.61. The van der Waals surface area contributed by atoms with Gasteiger partial charge in [0, 0.05) is 7.11 Å². The molecule has 4 fully saturated rings. The maximum absolute atomic E-state index is 10.6. The number of hydrogen-bond donors (Lipinski definition) is 1. The highest BCUT2D eigenvalue weighted by Crippen LogP contribution is 2.68. The summed E-state index contributed by atoms with van der Waals surface area (Å²) in [6, 6.07) is 0. The monoisotopic (exact) mass is 432 g/mol. The second-order valence-corrected chi connectivity index (χ2v) is 14.0. The van der Waals surface area contributed by atoms with Gasteiger partial charge in [-0.25, -0.2) is 0 Å². The van der Waals surface area contributed by atoms with Crippen LogP contribution in [-0.2, 0) is 4.74 Å². The molecular weight excluding hydrogens is 380 g/mol. The van der Waals surface area contributed by atoms with Crippen LogP contribution >= 0.6 is 0 Å². The Balaban J connectivity index is 1.44. The van der Waals surface area contributed by atoms with Gasteiger partial charge in [-0.15, -0.1) is 0 Å². The van der Waals surface area contributed by atoms with Gasteiger partial charge in [-0.2, -0.15) is 0 Å². The standard InChI is InChI=1S/C29H52O2/c1-19(8-13-26(30)27(2,3)4)23-11-12-24-22-10-9-20-18-21(31-7)14-16-28(20,5)25(22)15-17-29(23,24)6/h19-26,30H,8-18H2,1-7H3/t19-,20+,21+,22+,23-,24+,25+,26?,28+,29-/m1/s1. The van der Waals surface area contributed by atoms with Gasteiger partial charge in [0.2, 0.25) is 0 Å². The van der Waals surface area contributed by atoms with Crippen molar-refractivity contribution in [2.45, 2.75) is 124 Å². The summed E-state index contributed by atoms with van der Waals surface area (Å²) >= 11 is 0. The molecule has 0 aliphatic heterocycles. The second-order valence-electron chi connectivity index (χ2n) is 14.0. The van der Waals surface area contributed by atoms with E-state index in [2.05, 4.69) is 41.5 Å². The summed E-state index contributed by atoms with van der Waals surface area (Å²) in [5, 5.41) is 10.6. The quantitative estimate of drug-likeness (QED) is 0.488. The lowest BCUT2D eigenvalue weighted by atomic mass is 9.44. The zero-order valence-electron chi connectivity index (χ0n) is 21.8. The van der Waals surface area contributed by atoms with E-state index in [9.17, 15) is 5.11 Å². The number of hydrogen-bond acceptors (Lipinski definition) is 2. The molecule has 4 saturated carbocycles. The molecule has 4 aliphatic carbocycles. The Morgan fingerprint density at radius 1 is 0.903 bits per heavy atom. The first kappa shape index (κ1) is 24.1. The highest BCUT2D eigenvalue weighted by atomic mass is 16.5. The number of rotatable bonds is 5. The molecule has 4 aliphatic rings. The highest BCUT2D eigenvalue weighted by Gasteiger charge is 2.60. The zero-order valence-corrected chi connectivity index (χ0v) is 21.8. The van der Waals surface area contributed by atoms with Crippen molar-refractivity contribution < 1.29 is 9.84 Å². The Kier molecular flexibility index (Phi) is 6.68. The molecule has 31 heavy (non-hydrogen) atoms. The third-order valence-corrected chi connectivity index (χ3v) is 11.6. The summed E-state index contributed by atoms with van der Waals surface area (Å²) in [6.45, 7) is 14.4. The largest absolute Gasteiger partial charge is 0.393 e. The first-order chi connectivity index (χ1) is 14.5. The molecule has 180 valence electrons. The van der Waals surface area contributed by atoms with Gasteiger partial charge in [0.05, 0.1) is 12.2 Å². The van der Waals surface area contributed by atoms with E-state index in [4.69, 9.17) is 4.74 Å². The lowest BCUT2D eigenvalue weighted by Crippen LogP contribution is -2.54. The summed E-state index contributed by atoms with van der Waals surface area (Å²) in [6.07, 6.45) is 15.2. The number of aliphatic hydroxyl groups is 1. The van der Waals surface area contributed by atoms with Crippen molar-refractivity contribution in [1.29, 1.82) is 0 Å². The molecular formula is C29H52O2. The van der Waals surface area contributed by atoms with Gasteiger partial charge in [-0.1, -0.05) is 41.5 Å². The smallest absolute Gasteiger partial charge is 0.0588 e. The summed E-state index contributed by atoms with van der Waals surface area (Å²) in [5.74, 6) is 5.37. The highest BCUT2D eigenvalue weighted by molar-refractivity contribution is 5.09. The predicted octanol–water partition coefficient (Wildman–Crippen LogP) is 7.48. The summed E-state index contributed by atoms with van der Waals surface area (Å²) in [7, 11) is 1.92. The van der Waals surface area contributed by atoms with Crippen molar-refractivity contribution in [3.8, 4) is 0 Å². The van der Waals surface area contributed by atoms with Crippen LogP contribution in [0, 0.1) is 51.8 Å². The molecule has 0 spiro atoms. The SMILES string of the molecule is CO[C@H]1CC[C@@]2(C)[C@@H](CC[C@@H]3[C@@H]2CC[C@]2(C)[C@@H]([C@H](C)CCC(O)C(C)(C)C)CC[C@@H]32)C1. The third kappa shape index (κ3) is 4.16. The minimum absolute atomic E-state index is 0.00972. The Labute approximate surface area is 193 Å². The summed E-state index contributed by atoms with van der Waals surface area (Å²) in [4.78, 5) is 0. The van der Waals surface area contributed by atoms with Crippen LogP contribution in [0.2, 0.25) is 0 Å². The molecule has 0 bridgehead atoms. The van der Waals surface area contributed by atoms with Gasteiger partial charge in [0.25, 0.3) is 0 Å². The maximum atomic E-state index is 10.6. The fourth-order valence-corrected chi connectivity index (χ4v) is 9.46. The molecule has 0 heterocycles. The van der Waals surface area contributed by atoms with Gasteiger partial charge in [-0.3, -0.25) is 0 Å². The molecule has 0 aromatic rings. The van der Waals surface area contributed by atoms with Crippen LogP contribution in [0.5, 0.6) is 0 Å². The molecule has 1 unspecified atom stereocenters. The molecule has 1 N–H and O–H groups in total. The molecule has 0 aromatic carbocycles. The normalized spacial score (nSPS) is 47.2. The van der Waals surface area contributed by atoms with E-state index in [1.54, 1.807) is 0 Å². The van der Waals surface area contributed by atoms with Crippen molar-refractivity contribution in [2.75, 3.05) is 7.11 Å². The van der Waals surface area contributed by atoms with Crippen molar-refractivity contribution >= 4 is 0 Å². The van der Waals surface area contributed by atoms with E-state index >= 15 is 0 Å². The molecule has 10 atom stereocenters. The first-order valence-electron chi connectivity index (χ1n) is 13.7. The van der Waals surface area contributed by atoms with Crippen LogP contribution in [0.3, 0.4) is 0 Å². The average Bonchev–Trinajstić information content (AvgIpc) is 3.07. The minimum Gasteiger partial charge on any atom is -0.393 e. The lowest BCUT2D eigenvalue weighted by Gasteiger charge is -2.61. The van der Waals surface area contributed by atoms with E-state index in [0.717, 1.165) is 41.9 Å². The number of aliphatic hydroxyl groups excluding tert-OH is 1. The Bertz CT molecular complexity index is 623. The fraction of sp³-hybridized carbons (Fsp3) is 1.00. The maximum Gasteiger partial charge on any atom is 0.0588 e. The summed E-state index contributed by atoms with van der Waals surface area (Å²) in [5.41, 5.74) is 1.12. The molecule has 0 radical (unpaired) electrons. The van der Waals surface area contributed by atoms with Crippen molar-refractivity contribution in [1.82, 2.24) is 0 Å². The van der Waals surface area contributed by atoms with Gasteiger partial charge in [-0.05, 0) is 122 Å². The Hall–Kier alpha value is -0.0800. The average molecular weight is 433 g/mol. The Morgan fingerprint density at radius 2 is 1.58 bits per heavy atom. The van der Waals surface area contributed by atoms with Crippen LogP contribution in [-0.4, -0.2) is 24.4 Å². The van der Waals surface area contributed by atoms with Crippen LogP contribution < -0.4 is 0 Å². The summed E-state index contributed by atoms with van der Waals surface area (Å²) < 4.78 is 5.79. The van der Waals surface area contributed by atoms with E-state index < -0.39 is 0 Å². The topological polar surface area (TPSA) is 29.5 Å². The molecule has 0 saturated heterocycles. The van der Waals surface area contributed by atoms with Crippen molar-refractivity contribution in [3.05, 3.63) is 0 Å². The van der Waals surface area contributed by atoms with Crippen LogP contribution in [0.15, 0.2) is 0 Å². The number of fused-ring (bicyclic) bond motifs is 5. The molecule has 0 amide bonds. The molecule has 2 nitrogen and oxygen atoms in total. The van der Waals surface area contributed by atoms with Crippen LogP contribution in [0.25, 0.3) is 0 Å². The minimum atomic E-state index is -0.173. The number of methoxy groups -OCH3 is 1. The fourth-order valence-electron chi connectivity index (χ4n) is 9.46. The molecule has 2 heteroatoms.